The molecular formula is C19H22FNO2. The Labute approximate surface area is 136 Å². The Morgan fingerprint density at radius 3 is 2.48 bits per heavy atom. The maximum absolute atomic E-state index is 12.8. The number of hydrogen-bond acceptors (Lipinski definition) is 2. The average Bonchev–Trinajstić information content (AvgIpc) is 2.51. The van der Waals surface area contributed by atoms with Gasteiger partial charge in [0.25, 0.3) is 0 Å². The molecule has 0 aliphatic carbocycles. The van der Waals surface area contributed by atoms with Gasteiger partial charge >= 0.3 is 0 Å². The second-order valence-corrected chi connectivity index (χ2v) is 5.83. The van der Waals surface area contributed by atoms with Crippen molar-refractivity contribution in [3.63, 3.8) is 0 Å². The Morgan fingerprint density at radius 1 is 1.13 bits per heavy atom. The van der Waals surface area contributed by atoms with Gasteiger partial charge in [-0.2, -0.15) is 0 Å². The van der Waals surface area contributed by atoms with Gasteiger partial charge in [0.15, 0.2) is 0 Å². The van der Waals surface area contributed by atoms with Crippen molar-refractivity contribution in [3.05, 3.63) is 65.0 Å². The predicted octanol–water partition coefficient (Wildman–Crippen LogP) is 3.57. The molecule has 0 radical (unpaired) electrons. The zero-order chi connectivity index (χ0) is 16.8. The molecule has 2 aromatic carbocycles. The number of carbonyl (C=O) groups is 1. The summed E-state index contributed by atoms with van der Waals surface area (Å²) in [5.74, 6) is 0.393. The van der Waals surface area contributed by atoms with E-state index in [4.69, 9.17) is 4.74 Å². The minimum absolute atomic E-state index is 0.104. The summed E-state index contributed by atoms with van der Waals surface area (Å²) in [4.78, 5) is 12.0. The summed E-state index contributed by atoms with van der Waals surface area (Å²) in [6.45, 7) is 6.38. The fraction of sp³-hybridized carbons (Fsp3) is 0.316. The number of hydrogen-bond donors (Lipinski definition) is 1. The highest BCUT2D eigenvalue weighted by molar-refractivity contribution is 5.78. The smallest absolute Gasteiger partial charge is 0.224 e. The first-order chi connectivity index (χ1) is 10.9. The highest BCUT2D eigenvalue weighted by Crippen LogP contribution is 2.16. The molecule has 4 heteroatoms. The Bertz CT molecular complexity index is 668. The van der Waals surface area contributed by atoms with Gasteiger partial charge in [-0.25, -0.2) is 4.39 Å². The third-order valence-electron chi connectivity index (χ3n) is 3.66. The van der Waals surface area contributed by atoms with Crippen LogP contribution in [-0.2, 0) is 11.2 Å². The first kappa shape index (κ1) is 17.0. The summed E-state index contributed by atoms with van der Waals surface area (Å²) in [5.41, 5.74) is 3.18. The molecule has 0 bridgehead atoms. The standard InChI is InChI=1S/C19H22FNO2/c1-13-4-9-18(10-14(13)2)23-12-15(3)21-19(22)11-16-5-7-17(20)8-6-16/h4-10,15H,11-12H2,1-3H3,(H,21,22)/t15-/m0/s1. The van der Waals surface area contributed by atoms with Crippen molar-refractivity contribution in [2.45, 2.75) is 33.2 Å². The molecule has 0 saturated heterocycles. The minimum atomic E-state index is -0.302. The highest BCUT2D eigenvalue weighted by Gasteiger charge is 2.09. The Morgan fingerprint density at radius 2 is 1.83 bits per heavy atom. The van der Waals surface area contributed by atoms with E-state index >= 15 is 0 Å². The molecule has 0 unspecified atom stereocenters. The van der Waals surface area contributed by atoms with Crippen LogP contribution >= 0.6 is 0 Å². The largest absolute Gasteiger partial charge is 0.491 e. The lowest BCUT2D eigenvalue weighted by molar-refractivity contribution is -0.121. The average molecular weight is 315 g/mol. The van der Waals surface area contributed by atoms with E-state index < -0.39 is 0 Å². The Hall–Kier alpha value is -2.36. The number of rotatable bonds is 6. The number of benzene rings is 2. The third kappa shape index (κ3) is 5.40. The second kappa shape index (κ2) is 7.77. The van der Waals surface area contributed by atoms with Gasteiger partial charge < -0.3 is 10.1 Å². The monoisotopic (exact) mass is 315 g/mol. The van der Waals surface area contributed by atoms with Gasteiger partial charge in [0.2, 0.25) is 5.91 Å². The first-order valence-corrected chi connectivity index (χ1v) is 7.68. The summed E-state index contributed by atoms with van der Waals surface area (Å²) < 4.78 is 18.5. The summed E-state index contributed by atoms with van der Waals surface area (Å²) in [7, 11) is 0. The molecule has 2 rings (SSSR count). The van der Waals surface area contributed by atoms with Gasteiger partial charge in [0.05, 0.1) is 12.5 Å². The van der Waals surface area contributed by atoms with Crippen LogP contribution in [0.4, 0.5) is 4.39 Å². The van der Waals surface area contributed by atoms with Gasteiger partial charge in [0, 0.05) is 0 Å². The SMILES string of the molecule is Cc1ccc(OC[C@H](C)NC(=O)Cc2ccc(F)cc2)cc1C. The summed E-state index contributed by atoms with van der Waals surface area (Å²) >= 11 is 0. The third-order valence-corrected chi connectivity index (χ3v) is 3.66. The second-order valence-electron chi connectivity index (χ2n) is 5.83. The molecule has 0 aliphatic heterocycles. The van der Waals surface area contributed by atoms with Crippen LogP contribution in [0.1, 0.15) is 23.6 Å². The van der Waals surface area contributed by atoms with Crippen LogP contribution in [0, 0.1) is 19.7 Å². The molecule has 23 heavy (non-hydrogen) atoms. The number of nitrogens with one attached hydrogen (secondary N) is 1. The van der Waals surface area contributed by atoms with Crippen molar-refractivity contribution in [1.82, 2.24) is 5.32 Å². The number of ether oxygens (including phenoxy) is 1. The Balaban J connectivity index is 1.79. The molecule has 1 amide bonds. The van der Waals surface area contributed by atoms with Crippen LogP contribution in [-0.4, -0.2) is 18.6 Å². The molecule has 1 N–H and O–H groups in total. The molecule has 0 spiro atoms. The molecule has 0 aromatic heterocycles. The van der Waals surface area contributed by atoms with E-state index in [1.165, 1.54) is 23.3 Å². The zero-order valence-corrected chi connectivity index (χ0v) is 13.7. The van der Waals surface area contributed by atoms with Gasteiger partial charge in [-0.3, -0.25) is 4.79 Å². The normalized spacial score (nSPS) is 11.8. The van der Waals surface area contributed by atoms with Crippen LogP contribution < -0.4 is 10.1 Å². The lowest BCUT2D eigenvalue weighted by atomic mass is 10.1. The molecular weight excluding hydrogens is 293 g/mol. The van der Waals surface area contributed by atoms with E-state index in [0.717, 1.165) is 11.3 Å². The molecule has 122 valence electrons. The van der Waals surface area contributed by atoms with E-state index in [1.54, 1.807) is 12.1 Å². The topological polar surface area (TPSA) is 38.3 Å². The fourth-order valence-electron chi connectivity index (χ4n) is 2.18. The van der Waals surface area contributed by atoms with E-state index in [1.807, 2.05) is 32.0 Å². The first-order valence-electron chi connectivity index (χ1n) is 7.68. The van der Waals surface area contributed by atoms with Crippen molar-refractivity contribution in [3.8, 4) is 5.75 Å². The van der Waals surface area contributed by atoms with E-state index in [-0.39, 0.29) is 24.2 Å². The lowest BCUT2D eigenvalue weighted by Crippen LogP contribution is -2.37. The number of halogens is 1. The highest BCUT2D eigenvalue weighted by atomic mass is 19.1. The maximum atomic E-state index is 12.8. The lowest BCUT2D eigenvalue weighted by Gasteiger charge is -2.15. The van der Waals surface area contributed by atoms with E-state index in [9.17, 15) is 9.18 Å². The van der Waals surface area contributed by atoms with Crippen molar-refractivity contribution in [2.75, 3.05) is 6.61 Å². The molecule has 0 saturated carbocycles. The predicted molar refractivity (Wildman–Crippen MR) is 89.1 cm³/mol. The van der Waals surface area contributed by atoms with E-state index in [0.29, 0.717) is 6.61 Å². The summed E-state index contributed by atoms with van der Waals surface area (Å²) in [5, 5.41) is 2.88. The summed E-state index contributed by atoms with van der Waals surface area (Å²) in [6, 6.07) is 11.8. The molecule has 0 fully saturated rings. The number of aryl methyl sites for hydroxylation is 2. The van der Waals surface area contributed by atoms with Crippen molar-refractivity contribution in [1.29, 1.82) is 0 Å². The molecule has 0 heterocycles. The zero-order valence-electron chi connectivity index (χ0n) is 13.7. The molecule has 2 aromatic rings. The molecule has 3 nitrogen and oxygen atoms in total. The minimum Gasteiger partial charge on any atom is -0.491 e. The quantitative estimate of drug-likeness (QED) is 0.885. The number of amides is 1. The van der Waals surface area contributed by atoms with Crippen molar-refractivity contribution in [2.24, 2.45) is 0 Å². The molecule has 1 atom stereocenters. The van der Waals surface area contributed by atoms with Crippen LogP contribution in [0.15, 0.2) is 42.5 Å². The summed E-state index contributed by atoms with van der Waals surface area (Å²) in [6.07, 6.45) is 0.230. The maximum Gasteiger partial charge on any atom is 0.224 e. The van der Waals surface area contributed by atoms with Crippen LogP contribution in [0.3, 0.4) is 0 Å². The van der Waals surface area contributed by atoms with Crippen LogP contribution in [0.25, 0.3) is 0 Å². The van der Waals surface area contributed by atoms with Crippen molar-refractivity contribution < 1.29 is 13.9 Å². The van der Waals surface area contributed by atoms with Gasteiger partial charge in [-0.1, -0.05) is 18.2 Å². The molecule has 0 aliphatic rings. The Kier molecular flexibility index (Phi) is 5.74. The fourth-order valence-corrected chi connectivity index (χ4v) is 2.18. The van der Waals surface area contributed by atoms with Crippen molar-refractivity contribution >= 4 is 5.91 Å². The van der Waals surface area contributed by atoms with Crippen LogP contribution in [0.5, 0.6) is 5.75 Å². The number of carbonyl (C=O) groups excluding carboxylic acids is 1. The van der Waals surface area contributed by atoms with Gasteiger partial charge in [-0.05, 0) is 61.7 Å². The van der Waals surface area contributed by atoms with E-state index in [2.05, 4.69) is 12.2 Å². The van der Waals surface area contributed by atoms with Gasteiger partial charge in [0.1, 0.15) is 18.2 Å². The van der Waals surface area contributed by atoms with Crippen LogP contribution in [0.2, 0.25) is 0 Å². The van der Waals surface area contributed by atoms with Gasteiger partial charge in [-0.15, -0.1) is 0 Å².